The molecule has 0 bridgehead atoms. The minimum absolute atomic E-state index is 0.00173. The van der Waals surface area contributed by atoms with Crippen LogP contribution in [0.5, 0.6) is 0 Å². The molecule has 0 saturated heterocycles. The maximum absolute atomic E-state index is 12.3. The third-order valence-electron chi connectivity index (χ3n) is 3.24. The summed E-state index contributed by atoms with van der Waals surface area (Å²) >= 11 is 3.10. The number of nitrogens with zero attached hydrogens (tertiary/aromatic N) is 4. The van der Waals surface area contributed by atoms with Crippen LogP contribution in [0.4, 0.5) is 0 Å². The third-order valence-corrected chi connectivity index (χ3v) is 5.47. The van der Waals surface area contributed by atoms with Crippen molar-refractivity contribution in [3.05, 3.63) is 36.9 Å². The summed E-state index contributed by atoms with van der Waals surface area (Å²) in [4.78, 5) is 20.7. The molecule has 0 radical (unpaired) electrons. The van der Waals surface area contributed by atoms with Crippen LogP contribution in [0.15, 0.2) is 41.3 Å². The lowest BCUT2D eigenvalue weighted by Crippen LogP contribution is -2.39. The lowest BCUT2D eigenvalue weighted by Gasteiger charge is -2.16. The van der Waals surface area contributed by atoms with Gasteiger partial charge in [-0.25, -0.2) is 9.97 Å². The highest BCUT2D eigenvalue weighted by Gasteiger charge is 2.18. The van der Waals surface area contributed by atoms with Gasteiger partial charge in [0.05, 0.1) is 22.0 Å². The Bertz CT molecular complexity index is 753. The van der Waals surface area contributed by atoms with Gasteiger partial charge in [0.25, 0.3) is 0 Å². The number of thiazole rings is 1. The zero-order chi connectivity index (χ0) is 16.2. The van der Waals surface area contributed by atoms with Crippen LogP contribution in [0.3, 0.4) is 0 Å². The highest BCUT2D eigenvalue weighted by molar-refractivity contribution is 8.02. The Balaban J connectivity index is 1.56. The average molecular weight is 347 g/mol. The van der Waals surface area contributed by atoms with Crippen molar-refractivity contribution in [1.29, 1.82) is 0 Å². The number of carbonyl (C=O) groups is 1. The maximum Gasteiger partial charge on any atom is 0.233 e. The molecule has 0 saturated carbocycles. The highest BCUT2D eigenvalue weighted by Crippen LogP contribution is 2.31. The van der Waals surface area contributed by atoms with Crippen molar-refractivity contribution in [2.45, 2.75) is 36.0 Å². The molecule has 3 aromatic rings. The summed E-state index contributed by atoms with van der Waals surface area (Å²) in [7, 11) is 0. The molecular weight excluding hydrogens is 330 g/mol. The van der Waals surface area contributed by atoms with Crippen molar-refractivity contribution in [3.63, 3.8) is 0 Å². The van der Waals surface area contributed by atoms with Crippen molar-refractivity contribution >= 4 is 39.2 Å². The quantitative estimate of drug-likeness (QED) is 0.694. The number of aromatic nitrogens is 4. The molecule has 2 heterocycles. The van der Waals surface area contributed by atoms with Crippen molar-refractivity contribution in [1.82, 2.24) is 25.1 Å². The predicted molar refractivity (Wildman–Crippen MR) is 92.6 cm³/mol. The summed E-state index contributed by atoms with van der Waals surface area (Å²) in [5.74, 6) is 0.00173. The smallest absolute Gasteiger partial charge is 0.233 e. The Morgan fingerprint density at radius 1 is 1.39 bits per heavy atom. The van der Waals surface area contributed by atoms with E-state index in [0.717, 1.165) is 14.6 Å². The largest absolute Gasteiger partial charge is 0.351 e. The number of fused-ring (bicyclic) bond motifs is 1. The topological polar surface area (TPSA) is 72.7 Å². The molecule has 1 N–H and O–H groups in total. The van der Waals surface area contributed by atoms with Crippen LogP contribution >= 0.6 is 23.1 Å². The van der Waals surface area contributed by atoms with Crippen molar-refractivity contribution < 1.29 is 4.79 Å². The minimum Gasteiger partial charge on any atom is -0.351 e. The number of para-hydroxylation sites is 1. The number of rotatable bonds is 6. The molecule has 2 unspecified atom stereocenters. The number of hydrogen-bond donors (Lipinski definition) is 1. The Kier molecular flexibility index (Phi) is 4.92. The minimum atomic E-state index is -0.200. The van der Waals surface area contributed by atoms with Gasteiger partial charge in [0.15, 0.2) is 4.34 Å². The summed E-state index contributed by atoms with van der Waals surface area (Å²) in [5.41, 5.74) is 0.979. The second kappa shape index (κ2) is 7.10. The molecule has 0 aliphatic carbocycles. The number of nitrogens with one attached hydrogen (secondary N) is 1. The summed E-state index contributed by atoms with van der Waals surface area (Å²) in [6, 6.07) is 7.99. The van der Waals surface area contributed by atoms with E-state index in [1.54, 1.807) is 22.3 Å². The molecule has 0 aliphatic rings. The van der Waals surface area contributed by atoms with E-state index in [-0.39, 0.29) is 17.2 Å². The van der Waals surface area contributed by atoms with Gasteiger partial charge in [0.2, 0.25) is 5.91 Å². The van der Waals surface area contributed by atoms with Gasteiger partial charge >= 0.3 is 0 Å². The Morgan fingerprint density at radius 3 is 2.96 bits per heavy atom. The van der Waals surface area contributed by atoms with Gasteiger partial charge in [0, 0.05) is 6.04 Å². The summed E-state index contributed by atoms with van der Waals surface area (Å²) in [6.07, 6.45) is 3.13. The fourth-order valence-electron chi connectivity index (χ4n) is 2.12. The molecule has 0 spiro atoms. The fraction of sp³-hybridized carbons (Fsp3) is 0.333. The molecule has 6 nitrogen and oxygen atoms in total. The van der Waals surface area contributed by atoms with E-state index in [1.165, 1.54) is 18.1 Å². The lowest BCUT2D eigenvalue weighted by molar-refractivity contribution is -0.121. The lowest BCUT2D eigenvalue weighted by atomic mass is 10.3. The second-order valence-electron chi connectivity index (χ2n) is 5.23. The predicted octanol–water partition coefficient (Wildman–Crippen LogP) is 2.57. The van der Waals surface area contributed by atoms with E-state index in [9.17, 15) is 4.79 Å². The van der Waals surface area contributed by atoms with Crippen LogP contribution in [0.25, 0.3) is 10.2 Å². The van der Waals surface area contributed by atoms with E-state index >= 15 is 0 Å². The van der Waals surface area contributed by atoms with Crippen LogP contribution < -0.4 is 5.32 Å². The number of amides is 1. The molecule has 2 atom stereocenters. The molecule has 1 amide bonds. The van der Waals surface area contributed by atoms with Crippen LogP contribution in [-0.2, 0) is 11.3 Å². The average Bonchev–Trinajstić information content (AvgIpc) is 3.15. The molecule has 3 rings (SSSR count). The molecule has 0 aliphatic heterocycles. The third kappa shape index (κ3) is 4.08. The van der Waals surface area contributed by atoms with Crippen LogP contribution in [0, 0.1) is 0 Å². The van der Waals surface area contributed by atoms with Gasteiger partial charge in [-0.05, 0) is 26.0 Å². The number of carbonyl (C=O) groups excluding carboxylic acids is 1. The van der Waals surface area contributed by atoms with E-state index in [4.69, 9.17) is 0 Å². The summed E-state index contributed by atoms with van der Waals surface area (Å²) in [5, 5.41) is 6.84. The van der Waals surface area contributed by atoms with E-state index in [0.29, 0.717) is 6.54 Å². The summed E-state index contributed by atoms with van der Waals surface area (Å²) in [6.45, 7) is 4.45. The Morgan fingerprint density at radius 2 is 2.22 bits per heavy atom. The standard InChI is InChI=1S/C15H17N5OS2/c1-10(7-20-9-16-8-17-20)18-14(21)11(2)22-15-19-12-5-3-4-6-13(12)23-15/h3-6,8-11H,7H2,1-2H3,(H,18,21). The van der Waals surface area contributed by atoms with Gasteiger partial charge in [-0.15, -0.1) is 11.3 Å². The van der Waals surface area contributed by atoms with E-state index in [1.807, 2.05) is 38.1 Å². The highest BCUT2D eigenvalue weighted by atomic mass is 32.2. The molecule has 8 heteroatoms. The van der Waals surface area contributed by atoms with E-state index in [2.05, 4.69) is 20.4 Å². The van der Waals surface area contributed by atoms with Gasteiger partial charge in [0.1, 0.15) is 12.7 Å². The Labute approximate surface area is 142 Å². The van der Waals surface area contributed by atoms with Gasteiger partial charge in [-0.2, -0.15) is 5.10 Å². The second-order valence-corrected chi connectivity index (χ2v) is 7.85. The van der Waals surface area contributed by atoms with Gasteiger partial charge < -0.3 is 5.32 Å². The van der Waals surface area contributed by atoms with Crippen LogP contribution in [-0.4, -0.2) is 36.9 Å². The van der Waals surface area contributed by atoms with Gasteiger partial charge in [-0.3, -0.25) is 9.48 Å². The molecular formula is C15H17N5OS2. The SMILES string of the molecule is CC(Cn1cncn1)NC(=O)C(C)Sc1nc2ccccc2s1. The molecule has 1 aromatic carbocycles. The molecule has 2 aromatic heterocycles. The summed E-state index contributed by atoms with van der Waals surface area (Å²) < 4.78 is 3.76. The zero-order valence-corrected chi connectivity index (χ0v) is 14.5. The van der Waals surface area contributed by atoms with Crippen molar-refractivity contribution in [2.75, 3.05) is 0 Å². The molecule has 120 valence electrons. The van der Waals surface area contributed by atoms with Crippen molar-refractivity contribution in [3.8, 4) is 0 Å². The molecule has 23 heavy (non-hydrogen) atoms. The first-order valence-electron chi connectivity index (χ1n) is 7.27. The van der Waals surface area contributed by atoms with Gasteiger partial charge in [-0.1, -0.05) is 23.9 Å². The zero-order valence-electron chi connectivity index (χ0n) is 12.8. The molecule has 0 fully saturated rings. The number of hydrogen-bond acceptors (Lipinski definition) is 6. The maximum atomic E-state index is 12.3. The number of thioether (sulfide) groups is 1. The first-order chi connectivity index (χ1) is 11.1. The monoisotopic (exact) mass is 347 g/mol. The van der Waals surface area contributed by atoms with Crippen molar-refractivity contribution in [2.24, 2.45) is 0 Å². The normalized spacial score (nSPS) is 13.8. The Hall–Kier alpha value is -1.93. The van der Waals surface area contributed by atoms with Crippen LogP contribution in [0.2, 0.25) is 0 Å². The van der Waals surface area contributed by atoms with E-state index < -0.39 is 0 Å². The first kappa shape index (κ1) is 15.9. The van der Waals surface area contributed by atoms with Crippen LogP contribution in [0.1, 0.15) is 13.8 Å². The first-order valence-corrected chi connectivity index (χ1v) is 8.96. The fourth-order valence-corrected chi connectivity index (χ4v) is 4.34. The number of benzene rings is 1.